The minimum atomic E-state index is -4.50. The lowest BCUT2D eigenvalue weighted by atomic mass is 9.82. The van der Waals surface area contributed by atoms with Crippen molar-refractivity contribution in [3.63, 3.8) is 0 Å². The van der Waals surface area contributed by atoms with E-state index in [1.165, 1.54) is 12.1 Å². The van der Waals surface area contributed by atoms with E-state index in [1.54, 1.807) is 0 Å². The highest BCUT2D eigenvalue weighted by Gasteiger charge is 2.35. The molecule has 1 fully saturated rings. The summed E-state index contributed by atoms with van der Waals surface area (Å²) in [5.74, 6) is -0.563. The van der Waals surface area contributed by atoms with Crippen LogP contribution in [0, 0.1) is 5.92 Å². The van der Waals surface area contributed by atoms with Gasteiger partial charge in [0.2, 0.25) is 5.89 Å². The van der Waals surface area contributed by atoms with E-state index in [2.05, 4.69) is 15.5 Å². The Morgan fingerprint density at radius 3 is 2.58 bits per heavy atom. The molecule has 6 nitrogen and oxygen atoms in total. The average molecular weight is 370 g/mol. The van der Waals surface area contributed by atoms with E-state index in [0.717, 1.165) is 31.7 Å². The zero-order valence-electron chi connectivity index (χ0n) is 14.3. The first-order valence-electron chi connectivity index (χ1n) is 8.53. The predicted molar refractivity (Wildman–Crippen MR) is 90.6 cm³/mol. The van der Waals surface area contributed by atoms with Gasteiger partial charge in [-0.15, -0.1) is 5.10 Å². The van der Waals surface area contributed by atoms with Crippen LogP contribution in [0.3, 0.4) is 0 Å². The quantitative estimate of drug-likeness (QED) is 0.767. The van der Waals surface area contributed by atoms with Crippen molar-refractivity contribution in [2.45, 2.75) is 50.9 Å². The maximum absolute atomic E-state index is 13.4. The number of rotatable bonds is 4. The molecule has 0 saturated heterocycles. The van der Waals surface area contributed by atoms with Gasteiger partial charge < -0.3 is 15.5 Å². The number of nitrogens with one attached hydrogen (secondary N) is 2. The summed E-state index contributed by atoms with van der Waals surface area (Å²) in [7, 11) is 0. The Kier molecular flexibility index (Phi) is 5.08. The van der Waals surface area contributed by atoms with Crippen molar-refractivity contribution in [2.24, 2.45) is 11.7 Å². The molecule has 142 valence electrons. The summed E-state index contributed by atoms with van der Waals surface area (Å²) in [4.78, 5) is 11.1. The van der Waals surface area contributed by atoms with Crippen LogP contribution in [-0.4, -0.2) is 22.3 Å². The number of halogens is 3. The molecule has 4 N–H and O–H groups in total. The number of anilines is 1. The van der Waals surface area contributed by atoms with Crippen LogP contribution in [0.25, 0.3) is 11.5 Å². The highest BCUT2D eigenvalue weighted by molar-refractivity contribution is 5.65. The molecule has 0 spiro atoms. The molecule has 3 rings (SSSR count). The molecule has 26 heavy (non-hydrogen) atoms. The van der Waals surface area contributed by atoms with Gasteiger partial charge >= 0.3 is 11.9 Å². The fraction of sp³-hybridized carbons (Fsp3) is 0.529. The highest BCUT2D eigenvalue weighted by Crippen LogP contribution is 2.38. The Bertz CT molecular complexity index is 807. The summed E-state index contributed by atoms with van der Waals surface area (Å²) in [6.07, 6.45) is -0.986. The van der Waals surface area contributed by atoms with Gasteiger partial charge in [0.25, 0.3) is 0 Å². The molecule has 1 aromatic carbocycles. The molecular weight excluding hydrogens is 349 g/mol. The van der Waals surface area contributed by atoms with Gasteiger partial charge in [-0.2, -0.15) is 13.2 Å². The minimum Gasteiger partial charge on any atom is -0.388 e. The number of hydrogen-bond donors (Lipinski definition) is 3. The zero-order chi connectivity index (χ0) is 18.9. The van der Waals surface area contributed by atoms with E-state index in [1.807, 2.05) is 6.92 Å². The molecule has 0 radical (unpaired) electrons. The molecule has 1 saturated carbocycles. The number of nitrogens with two attached hydrogens (primary N) is 1. The van der Waals surface area contributed by atoms with Crippen molar-refractivity contribution in [3.8, 4) is 11.5 Å². The largest absolute Gasteiger partial charge is 0.434 e. The van der Waals surface area contributed by atoms with Gasteiger partial charge in [0.05, 0.1) is 5.56 Å². The smallest absolute Gasteiger partial charge is 0.388 e. The van der Waals surface area contributed by atoms with Crippen molar-refractivity contribution < 1.29 is 17.6 Å². The molecule has 0 unspecified atom stereocenters. The number of aromatic nitrogens is 2. The predicted octanol–water partition coefficient (Wildman–Crippen LogP) is 3.37. The Morgan fingerprint density at radius 2 is 2.00 bits per heavy atom. The standard InChI is InChI=1S/C17H21F3N4O2/c1-9(10-2-5-12(21)6-3-10)22-14-8-11(15-23-24-16(25)26-15)4-7-13(14)17(18,19)20/h4,7-10,12,22H,2-3,5-6,21H2,1H3,(H,24,25)/t9-,10?,12?/m0/s1. The van der Waals surface area contributed by atoms with E-state index in [0.29, 0.717) is 0 Å². The van der Waals surface area contributed by atoms with Crippen LogP contribution in [0.5, 0.6) is 0 Å². The van der Waals surface area contributed by atoms with E-state index in [-0.39, 0.29) is 35.1 Å². The van der Waals surface area contributed by atoms with E-state index in [9.17, 15) is 18.0 Å². The monoisotopic (exact) mass is 370 g/mol. The minimum absolute atomic E-state index is 0.0527. The molecule has 2 aromatic rings. The third-order valence-corrected chi connectivity index (χ3v) is 4.92. The van der Waals surface area contributed by atoms with Gasteiger partial charge in [-0.3, -0.25) is 0 Å². The first kappa shape index (κ1) is 18.5. The third kappa shape index (κ3) is 4.09. The Morgan fingerprint density at radius 1 is 1.31 bits per heavy atom. The number of nitrogens with zero attached hydrogens (tertiary/aromatic N) is 1. The van der Waals surface area contributed by atoms with E-state index >= 15 is 0 Å². The second-order valence-electron chi connectivity index (χ2n) is 6.78. The summed E-state index contributed by atoms with van der Waals surface area (Å²) in [5, 5.41) is 8.77. The van der Waals surface area contributed by atoms with Gasteiger partial charge in [-0.05, 0) is 56.7 Å². The van der Waals surface area contributed by atoms with Crippen molar-refractivity contribution >= 4 is 5.69 Å². The molecule has 1 aromatic heterocycles. The maximum Gasteiger partial charge on any atom is 0.434 e. The number of H-pyrrole nitrogens is 1. The van der Waals surface area contributed by atoms with Gasteiger partial charge in [0, 0.05) is 23.3 Å². The average Bonchev–Trinajstić information content (AvgIpc) is 3.01. The Labute approximate surface area is 148 Å². The molecule has 0 aliphatic heterocycles. The Hall–Kier alpha value is -2.29. The molecular formula is C17H21F3N4O2. The van der Waals surface area contributed by atoms with E-state index < -0.39 is 17.5 Å². The van der Waals surface area contributed by atoms with Crippen LogP contribution in [0.4, 0.5) is 18.9 Å². The van der Waals surface area contributed by atoms with Crippen LogP contribution < -0.4 is 16.8 Å². The zero-order valence-corrected chi connectivity index (χ0v) is 14.3. The van der Waals surface area contributed by atoms with Gasteiger partial charge in [-0.1, -0.05) is 0 Å². The fourth-order valence-corrected chi connectivity index (χ4v) is 3.41. The second-order valence-corrected chi connectivity index (χ2v) is 6.78. The van der Waals surface area contributed by atoms with Crippen molar-refractivity contribution in [3.05, 3.63) is 34.3 Å². The summed E-state index contributed by atoms with van der Waals surface area (Å²) in [6, 6.07) is 3.54. The summed E-state index contributed by atoms with van der Waals surface area (Å²) >= 11 is 0. The maximum atomic E-state index is 13.4. The lowest BCUT2D eigenvalue weighted by Gasteiger charge is -2.32. The Balaban J connectivity index is 1.88. The molecule has 1 aliphatic carbocycles. The van der Waals surface area contributed by atoms with E-state index in [4.69, 9.17) is 10.2 Å². The fourth-order valence-electron chi connectivity index (χ4n) is 3.41. The topological polar surface area (TPSA) is 96.9 Å². The van der Waals surface area contributed by atoms with Crippen LogP contribution in [-0.2, 0) is 6.18 Å². The first-order valence-corrected chi connectivity index (χ1v) is 8.53. The van der Waals surface area contributed by atoms with Gasteiger partial charge in [-0.25, -0.2) is 9.89 Å². The molecule has 0 bridgehead atoms. The molecule has 1 aliphatic rings. The molecule has 0 amide bonds. The highest BCUT2D eigenvalue weighted by atomic mass is 19.4. The van der Waals surface area contributed by atoms with Crippen molar-refractivity contribution in [2.75, 3.05) is 5.32 Å². The normalized spacial score (nSPS) is 22.2. The van der Waals surface area contributed by atoms with Crippen LogP contribution >= 0.6 is 0 Å². The molecule has 9 heteroatoms. The number of alkyl halides is 3. The second kappa shape index (κ2) is 7.14. The molecule has 1 heterocycles. The lowest BCUT2D eigenvalue weighted by molar-refractivity contribution is -0.137. The number of hydrogen-bond acceptors (Lipinski definition) is 5. The summed E-state index contributed by atoms with van der Waals surface area (Å²) < 4.78 is 45.0. The summed E-state index contributed by atoms with van der Waals surface area (Å²) in [5.41, 5.74) is 5.37. The molecule has 1 atom stereocenters. The van der Waals surface area contributed by atoms with Crippen molar-refractivity contribution in [1.29, 1.82) is 0 Å². The van der Waals surface area contributed by atoms with Gasteiger partial charge in [0.15, 0.2) is 0 Å². The lowest BCUT2D eigenvalue weighted by Crippen LogP contribution is -2.34. The van der Waals surface area contributed by atoms with Crippen LogP contribution in [0.1, 0.15) is 38.2 Å². The number of aromatic amines is 1. The van der Waals surface area contributed by atoms with Gasteiger partial charge in [0.1, 0.15) is 0 Å². The number of benzene rings is 1. The van der Waals surface area contributed by atoms with Crippen molar-refractivity contribution in [1.82, 2.24) is 10.2 Å². The third-order valence-electron chi connectivity index (χ3n) is 4.92. The first-order chi connectivity index (χ1) is 12.2. The SMILES string of the molecule is C[C@H](Nc1cc(-c2n[nH]c(=O)o2)ccc1C(F)(F)F)C1CCC(N)CC1. The van der Waals surface area contributed by atoms with Crippen LogP contribution in [0.2, 0.25) is 0 Å². The summed E-state index contributed by atoms with van der Waals surface area (Å²) in [6.45, 7) is 1.88. The van der Waals surface area contributed by atoms with Crippen LogP contribution in [0.15, 0.2) is 27.4 Å².